The highest BCUT2D eigenvalue weighted by Crippen LogP contribution is 2.19. The van der Waals surface area contributed by atoms with Gasteiger partial charge in [0, 0.05) is 43.1 Å². The quantitative estimate of drug-likeness (QED) is 0.647. The molecule has 0 fully saturated rings. The average Bonchev–Trinajstić information content (AvgIpc) is 2.85. The van der Waals surface area contributed by atoms with E-state index in [4.69, 9.17) is 4.74 Å². The van der Waals surface area contributed by atoms with Crippen molar-refractivity contribution in [1.82, 2.24) is 10.0 Å². The van der Waals surface area contributed by atoms with Gasteiger partial charge in [-0.15, -0.1) is 11.3 Å². The molecule has 1 rings (SSSR count). The number of unbranched alkanes of at least 4 members (excludes halogenated alkanes) is 1. The maximum absolute atomic E-state index is 12.1. The molecular weight excluding hydrogens is 296 g/mol. The van der Waals surface area contributed by atoms with Crippen LogP contribution in [-0.4, -0.2) is 34.7 Å². The standard InChI is InChI=1S/C13H24N2O3S2/c1-11(2)14-9-12-8-13(10-19-12)20(16,17)15-6-4-5-7-18-3/h8,10-11,14-15H,4-7,9H2,1-3H3. The number of hydrogen-bond acceptors (Lipinski definition) is 5. The van der Waals surface area contributed by atoms with Crippen molar-refractivity contribution in [2.75, 3.05) is 20.3 Å². The summed E-state index contributed by atoms with van der Waals surface area (Å²) < 4.78 is 31.7. The van der Waals surface area contributed by atoms with Crippen LogP contribution in [0.4, 0.5) is 0 Å². The maximum Gasteiger partial charge on any atom is 0.241 e. The molecule has 0 amide bonds. The lowest BCUT2D eigenvalue weighted by Gasteiger charge is -2.06. The molecule has 0 bridgehead atoms. The van der Waals surface area contributed by atoms with E-state index < -0.39 is 10.0 Å². The molecule has 0 aliphatic carbocycles. The second-order valence-electron chi connectivity index (χ2n) is 4.88. The minimum Gasteiger partial charge on any atom is -0.385 e. The van der Waals surface area contributed by atoms with Crippen LogP contribution < -0.4 is 10.0 Å². The van der Waals surface area contributed by atoms with Crippen LogP contribution >= 0.6 is 11.3 Å². The summed E-state index contributed by atoms with van der Waals surface area (Å²) >= 11 is 1.46. The van der Waals surface area contributed by atoms with E-state index >= 15 is 0 Å². The zero-order valence-electron chi connectivity index (χ0n) is 12.3. The zero-order chi connectivity index (χ0) is 15.0. The molecular formula is C13H24N2O3S2. The van der Waals surface area contributed by atoms with Crippen LogP contribution in [0.15, 0.2) is 16.3 Å². The van der Waals surface area contributed by atoms with Crippen LogP contribution in [0, 0.1) is 0 Å². The van der Waals surface area contributed by atoms with Crippen molar-refractivity contribution in [3.63, 3.8) is 0 Å². The van der Waals surface area contributed by atoms with Gasteiger partial charge in [-0.25, -0.2) is 13.1 Å². The van der Waals surface area contributed by atoms with Gasteiger partial charge in [-0.1, -0.05) is 13.8 Å². The Morgan fingerprint density at radius 1 is 1.35 bits per heavy atom. The van der Waals surface area contributed by atoms with Gasteiger partial charge in [0.1, 0.15) is 0 Å². The lowest BCUT2D eigenvalue weighted by molar-refractivity contribution is 0.193. The molecule has 0 aromatic carbocycles. The van der Waals surface area contributed by atoms with Crippen LogP contribution in [0.1, 0.15) is 31.6 Å². The molecule has 0 atom stereocenters. The minimum atomic E-state index is -3.37. The van der Waals surface area contributed by atoms with Gasteiger partial charge >= 0.3 is 0 Å². The molecule has 0 spiro atoms. The maximum atomic E-state index is 12.1. The molecule has 5 nitrogen and oxygen atoms in total. The predicted octanol–water partition coefficient (Wildman–Crippen LogP) is 1.95. The Morgan fingerprint density at radius 3 is 2.75 bits per heavy atom. The Labute approximate surface area is 125 Å². The first-order valence-electron chi connectivity index (χ1n) is 6.75. The van der Waals surface area contributed by atoms with E-state index in [0.717, 1.165) is 17.7 Å². The molecule has 0 saturated heterocycles. The van der Waals surface area contributed by atoms with Crippen molar-refractivity contribution in [2.45, 2.75) is 44.2 Å². The summed E-state index contributed by atoms with van der Waals surface area (Å²) in [5.74, 6) is 0. The summed E-state index contributed by atoms with van der Waals surface area (Å²) in [4.78, 5) is 1.38. The minimum absolute atomic E-state index is 0.356. The van der Waals surface area contributed by atoms with E-state index in [2.05, 4.69) is 23.9 Å². The van der Waals surface area contributed by atoms with E-state index in [1.807, 2.05) is 0 Å². The third-order valence-corrected chi connectivity index (χ3v) is 5.22. The largest absolute Gasteiger partial charge is 0.385 e. The third-order valence-electron chi connectivity index (χ3n) is 2.69. The molecule has 116 valence electrons. The lowest BCUT2D eigenvalue weighted by atomic mass is 10.3. The Morgan fingerprint density at radius 2 is 2.10 bits per heavy atom. The number of hydrogen-bond donors (Lipinski definition) is 2. The first kappa shape index (κ1) is 17.6. The molecule has 0 radical (unpaired) electrons. The van der Waals surface area contributed by atoms with Crippen molar-refractivity contribution in [1.29, 1.82) is 0 Å². The van der Waals surface area contributed by atoms with E-state index in [-0.39, 0.29) is 0 Å². The summed E-state index contributed by atoms with van der Waals surface area (Å²) in [5.41, 5.74) is 0. The summed E-state index contributed by atoms with van der Waals surface area (Å²) in [6.07, 6.45) is 1.63. The van der Waals surface area contributed by atoms with Crippen molar-refractivity contribution >= 4 is 21.4 Å². The van der Waals surface area contributed by atoms with Gasteiger partial charge in [-0.05, 0) is 18.9 Å². The van der Waals surface area contributed by atoms with Gasteiger partial charge in [-0.3, -0.25) is 0 Å². The number of nitrogens with one attached hydrogen (secondary N) is 2. The first-order chi connectivity index (χ1) is 9.45. The molecule has 20 heavy (non-hydrogen) atoms. The molecule has 0 aliphatic rings. The molecule has 1 heterocycles. The second-order valence-corrected chi connectivity index (χ2v) is 7.64. The Bertz CT molecular complexity index is 484. The highest BCUT2D eigenvalue weighted by molar-refractivity contribution is 7.89. The van der Waals surface area contributed by atoms with Crippen LogP contribution in [0.25, 0.3) is 0 Å². The number of methoxy groups -OCH3 is 1. The predicted molar refractivity (Wildman–Crippen MR) is 82.6 cm³/mol. The number of sulfonamides is 1. The van der Waals surface area contributed by atoms with Crippen LogP contribution in [-0.2, 0) is 21.3 Å². The fourth-order valence-electron chi connectivity index (χ4n) is 1.56. The molecule has 7 heteroatoms. The van der Waals surface area contributed by atoms with Gasteiger partial charge < -0.3 is 10.1 Å². The zero-order valence-corrected chi connectivity index (χ0v) is 13.9. The van der Waals surface area contributed by atoms with Crippen LogP contribution in [0.3, 0.4) is 0 Å². The molecule has 2 N–H and O–H groups in total. The van der Waals surface area contributed by atoms with Gasteiger partial charge in [0.25, 0.3) is 0 Å². The average molecular weight is 320 g/mol. The smallest absolute Gasteiger partial charge is 0.241 e. The third kappa shape index (κ3) is 6.32. The molecule has 1 aromatic heterocycles. The van der Waals surface area contributed by atoms with Gasteiger partial charge in [0.05, 0.1) is 4.90 Å². The molecule has 1 aromatic rings. The Kier molecular flexibility index (Phi) is 7.68. The van der Waals surface area contributed by atoms with Crippen LogP contribution in [0.2, 0.25) is 0 Å². The Hall–Kier alpha value is -0.470. The van der Waals surface area contributed by atoms with Crippen molar-refractivity contribution in [2.24, 2.45) is 0 Å². The van der Waals surface area contributed by atoms with Gasteiger partial charge in [0.2, 0.25) is 10.0 Å². The van der Waals surface area contributed by atoms with Crippen molar-refractivity contribution in [3.05, 3.63) is 16.3 Å². The van der Waals surface area contributed by atoms with E-state index in [9.17, 15) is 8.42 Å². The monoisotopic (exact) mass is 320 g/mol. The topological polar surface area (TPSA) is 67.4 Å². The van der Waals surface area contributed by atoms with Crippen molar-refractivity contribution in [3.8, 4) is 0 Å². The van der Waals surface area contributed by atoms with Gasteiger partial charge in [0.15, 0.2) is 0 Å². The van der Waals surface area contributed by atoms with E-state index in [1.165, 1.54) is 11.3 Å². The number of rotatable bonds is 10. The molecule has 0 saturated carbocycles. The van der Waals surface area contributed by atoms with E-state index in [0.29, 0.717) is 30.6 Å². The summed E-state index contributed by atoms with van der Waals surface area (Å²) in [5, 5.41) is 4.96. The van der Waals surface area contributed by atoms with E-state index in [1.54, 1.807) is 18.6 Å². The number of ether oxygens (including phenoxy) is 1. The SMILES string of the molecule is COCCCCNS(=O)(=O)c1csc(CNC(C)C)c1. The lowest BCUT2D eigenvalue weighted by Crippen LogP contribution is -2.24. The summed E-state index contributed by atoms with van der Waals surface area (Å²) in [6, 6.07) is 2.12. The highest BCUT2D eigenvalue weighted by Gasteiger charge is 2.15. The Balaban J connectivity index is 2.46. The van der Waals surface area contributed by atoms with Gasteiger partial charge in [-0.2, -0.15) is 0 Å². The normalized spacial score (nSPS) is 12.2. The summed E-state index contributed by atoms with van der Waals surface area (Å²) in [6.45, 7) is 5.93. The number of thiophene rings is 1. The van der Waals surface area contributed by atoms with Crippen molar-refractivity contribution < 1.29 is 13.2 Å². The first-order valence-corrected chi connectivity index (χ1v) is 9.11. The fraction of sp³-hybridized carbons (Fsp3) is 0.692. The highest BCUT2D eigenvalue weighted by atomic mass is 32.2. The molecule has 0 aliphatic heterocycles. The summed E-state index contributed by atoms with van der Waals surface area (Å²) in [7, 11) is -1.73. The second kappa shape index (κ2) is 8.74. The van der Waals surface area contributed by atoms with Crippen LogP contribution in [0.5, 0.6) is 0 Å². The fourth-order valence-corrected chi connectivity index (χ4v) is 3.86. The molecule has 0 unspecified atom stereocenters.